The number of nitrogens with one attached hydrogen (secondary N) is 1. The molecule has 0 spiro atoms. The van der Waals surface area contributed by atoms with E-state index in [4.69, 9.17) is 0 Å². The van der Waals surface area contributed by atoms with Crippen molar-refractivity contribution in [3.05, 3.63) is 29.6 Å². The lowest BCUT2D eigenvalue weighted by molar-refractivity contribution is 0.198. The molecule has 1 unspecified atom stereocenters. The van der Waals surface area contributed by atoms with Crippen molar-refractivity contribution in [2.45, 2.75) is 39.3 Å². The van der Waals surface area contributed by atoms with Gasteiger partial charge >= 0.3 is 0 Å². The van der Waals surface area contributed by atoms with Gasteiger partial charge in [-0.25, -0.2) is 0 Å². The van der Waals surface area contributed by atoms with E-state index in [-0.39, 0.29) is 0 Å². The highest BCUT2D eigenvalue weighted by Crippen LogP contribution is 2.11. The minimum absolute atomic E-state index is 0.642. The number of piperidine rings is 1. The maximum atomic E-state index is 4.19. The summed E-state index contributed by atoms with van der Waals surface area (Å²) in [4.78, 5) is 6.72. The van der Waals surface area contributed by atoms with Gasteiger partial charge in [-0.2, -0.15) is 0 Å². The quantitative estimate of drug-likeness (QED) is 0.861. The summed E-state index contributed by atoms with van der Waals surface area (Å²) in [5, 5.41) is 3.66. The molecule has 0 radical (unpaired) electrons. The molecular formula is C14H23N3. The maximum Gasteiger partial charge on any atom is 0.0315 e. The summed E-state index contributed by atoms with van der Waals surface area (Å²) in [6.45, 7) is 8.97. The van der Waals surface area contributed by atoms with Crippen molar-refractivity contribution in [1.82, 2.24) is 15.2 Å². The van der Waals surface area contributed by atoms with Crippen LogP contribution in [0.1, 0.15) is 30.9 Å². The molecule has 94 valence electrons. The van der Waals surface area contributed by atoms with E-state index < -0.39 is 0 Å². The third-order valence-electron chi connectivity index (χ3n) is 3.68. The lowest BCUT2D eigenvalue weighted by Crippen LogP contribution is -2.45. The second kappa shape index (κ2) is 6.12. The van der Waals surface area contributed by atoms with Gasteiger partial charge < -0.3 is 10.2 Å². The Balaban J connectivity index is 1.84. The molecule has 2 heterocycles. The van der Waals surface area contributed by atoms with Crippen LogP contribution in [0.4, 0.5) is 0 Å². The first kappa shape index (κ1) is 12.5. The molecule has 3 heteroatoms. The Hall–Kier alpha value is -0.930. The molecular weight excluding hydrogens is 210 g/mol. The van der Waals surface area contributed by atoms with Gasteiger partial charge in [-0.05, 0) is 50.0 Å². The molecule has 1 saturated heterocycles. The first-order valence-electron chi connectivity index (χ1n) is 6.65. The van der Waals surface area contributed by atoms with Crippen molar-refractivity contribution in [1.29, 1.82) is 0 Å². The molecule has 0 amide bonds. The van der Waals surface area contributed by atoms with Crippen LogP contribution in [0.25, 0.3) is 0 Å². The van der Waals surface area contributed by atoms with E-state index in [0.717, 1.165) is 6.54 Å². The molecule has 1 N–H and O–H groups in total. The smallest absolute Gasteiger partial charge is 0.0315 e. The topological polar surface area (TPSA) is 28.2 Å². The Bertz CT molecular complexity index is 351. The number of aromatic nitrogens is 1. The average molecular weight is 233 g/mol. The summed E-state index contributed by atoms with van der Waals surface area (Å²) in [6, 6.07) is 2.72. The SMILES string of the molecule is CCN1CCCC(NCc2cnccc2C)C1. The Morgan fingerprint density at radius 1 is 1.53 bits per heavy atom. The standard InChI is InChI=1S/C14H23N3/c1-3-17-8-4-5-14(11-17)16-10-13-9-15-7-6-12(13)2/h6-7,9,14,16H,3-5,8,10-11H2,1-2H3. The number of rotatable bonds is 4. The van der Waals surface area contributed by atoms with Crippen LogP contribution in [0, 0.1) is 6.92 Å². The van der Waals surface area contributed by atoms with Gasteiger partial charge in [0.2, 0.25) is 0 Å². The monoisotopic (exact) mass is 233 g/mol. The fraction of sp³-hybridized carbons (Fsp3) is 0.643. The van der Waals surface area contributed by atoms with E-state index in [1.54, 1.807) is 0 Å². The summed E-state index contributed by atoms with van der Waals surface area (Å²) in [6.07, 6.45) is 6.45. The van der Waals surface area contributed by atoms with Crippen LogP contribution in [0.5, 0.6) is 0 Å². The van der Waals surface area contributed by atoms with E-state index in [9.17, 15) is 0 Å². The number of hydrogen-bond acceptors (Lipinski definition) is 3. The number of pyridine rings is 1. The van der Waals surface area contributed by atoms with E-state index in [0.29, 0.717) is 6.04 Å². The number of nitrogens with zero attached hydrogens (tertiary/aromatic N) is 2. The van der Waals surface area contributed by atoms with E-state index in [2.05, 4.69) is 35.1 Å². The summed E-state index contributed by atoms with van der Waals surface area (Å²) in [7, 11) is 0. The average Bonchev–Trinajstić information content (AvgIpc) is 2.38. The van der Waals surface area contributed by atoms with Crippen LogP contribution in [0.3, 0.4) is 0 Å². The molecule has 2 rings (SSSR count). The molecule has 0 saturated carbocycles. The Labute approximate surface area is 104 Å². The second-order valence-electron chi connectivity index (χ2n) is 4.92. The van der Waals surface area contributed by atoms with Gasteiger partial charge in [-0.1, -0.05) is 6.92 Å². The van der Waals surface area contributed by atoms with Crippen molar-refractivity contribution in [3.8, 4) is 0 Å². The Morgan fingerprint density at radius 3 is 3.18 bits per heavy atom. The lowest BCUT2D eigenvalue weighted by atomic mass is 10.0. The molecule has 3 nitrogen and oxygen atoms in total. The predicted molar refractivity (Wildman–Crippen MR) is 70.9 cm³/mol. The van der Waals surface area contributed by atoms with Gasteiger partial charge in [0, 0.05) is 31.5 Å². The molecule has 17 heavy (non-hydrogen) atoms. The summed E-state index contributed by atoms with van der Waals surface area (Å²) in [5.41, 5.74) is 2.65. The third kappa shape index (κ3) is 3.51. The van der Waals surface area contributed by atoms with Gasteiger partial charge in [0.25, 0.3) is 0 Å². The van der Waals surface area contributed by atoms with Gasteiger partial charge in [-0.3, -0.25) is 4.98 Å². The van der Waals surface area contributed by atoms with Crippen LogP contribution < -0.4 is 5.32 Å². The summed E-state index contributed by atoms with van der Waals surface area (Å²) >= 11 is 0. The largest absolute Gasteiger partial charge is 0.309 e. The van der Waals surface area contributed by atoms with Crippen LogP contribution in [-0.2, 0) is 6.54 Å². The highest BCUT2D eigenvalue weighted by atomic mass is 15.2. The van der Waals surface area contributed by atoms with E-state index in [1.165, 1.54) is 43.6 Å². The second-order valence-corrected chi connectivity index (χ2v) is 4.92. The van der Waals surface area contributed by atoms with Gasteiger partial charge in [-0.15, -0.1) is 0 Å². The molecule has 1 aliphatic heterocycles. The Kier molecular flexibility index (Phi) is 4.51. The van der Waals surface area contributed by atoms with Crippen molar-refractivity contribution >= 4 is 0 Å². The Morgan fingerprint density at radius 2 is 2.41 bits per heavy atom. The van der Waals surface area contributed by atoms with Crippen molar-refractivity contribution < 1.29 is 0 Å². The minimum atomic E-state index is 0.642. The number of likely N-dealkylation sites (tertiary alicyclic amines) is 1. The molecule has 1 aromatic heterocycles. The zero-order valence-corrected chi connectivity index (χ0v) is 10.9. The zero-order valence-electron chi connectivity index (χ0n) is 10.9. The number of likely N-dealkylation sites (N-methyl/N-ethyl adjacent to an activating group) is 1. The van der Waals surface area contributed by atoms with Crippen LogP contribution in [0.15, 0.2) is 18.5 Å². The molecule has 1 aromatic rings. The molecule has 0 aliphatic carbocycles. The van der Waals surface area contributed by atoms with Gasteiger partial charge in [0.05, 0.1) is 0 Å². The van der Waals surface area contributed by atoms with Crippen molar-refractivity contribution in [2.24, 2.45) is 0 Å². The first-order chi connectivity index (χ1) is 8.29. The van der Waals surface area contributed by atoms with Crippen LogP contribution in [0.2, 0.25) is 0 Å². The zero-order chi connectivity index (χ0) is 12.1. The molecule has 0 bridgehead atoms. The molecule has 1 fully saturated rings. The van der Waals surface area contributed by atoms with E-state index in [1.807, 2.05) is 12.4 Å². The summed E-state index contributed by atoms with van der Waals surface area (Å²) in [5.74, 6) is 0. The van der Waals surface area contributed by atoms with Crippen LogP contribution in [-0.4, -0.2) is 35.6 Å². The van der Waals surface area contributed by atoms with Crippen molar-refractivity contribution in [2.75, 3.05) is 19.6 Å². The predicted octanol–water partition coefficient (Wildman–Crippen LogP) is 1.96. The fourth-order valence-corrected chi connectivity index (χ4v) is 2.45. The first-order valence-corrected chi connectivity index (χ1v) is 6.65. The van der Waals surface area contributed by atoms with Gasteiger partial charge in [0.1, 0.15) is 0 Å². The van der Waals surface area contributed by atoms with Crippen molar-refractivity contribution in [3.63, 3.8) is 0 Å². The molecule has 1 atom stereocenters. The minimum Gasteiger partial charge on any atom is -0.309 e. The highest BCUT2D eigenvalue weighted by molar-refractivity contribution is 5.21. The van der Waals surface area contributed by atoms with E-state index >= 15 is 0 Å². The van der Waals surface area contributed by atoms with Gasteiger partial charge in [0.15, 0.2) is 0 Å². The fourth-order valence-electron chi connectivity index (χ4n) is 2.45. The number of aryl methyl sites for hydroxylation is 1. The molecule has 0 aromatic carbocycles. The third-order valence-corrected chi connectivity index (χ3v) is 3.68. The molecule has 1 aliphatic rings. The van der Waals surface area contributed by atoms with Crippen LogP contribution >= 0.6 is 0 Å². The number of hydrogen-bond donors (Lipinski definition) is 1. The maximum absolute atomic E-state index is 4.19. The highest BCUT2D eigenvalue weighted by Gasteiger charge is 2.17. The lowest BCUT2D eigenvalue weighted by Gasteiger charge is -2.32. The normalized spacial score (nSPS) is 21.6. The summed E-state index contributed by atoms with van der Waals surface area (Å²) < 4.78 is 0.